The number of benzene rings is 1. The normalized spacial score (nSPS) is 26.8. The highest BCUT2D eigenvalue weighted by molar-refractivity contribution is 5.77. The van der Waals surface area contributed by atoms with Crippen molar-refractivity contribution >= 4 is 5.91 Å². The summed E-state index contributed by atoms with van der Waals surface area (Å²) in [7, 11) is 3.71. The molecule has 2 heterocycles. The minimum atomic E-state index is 0.228. The van der Waals surface area contributed by atoms with Gasteiger partial charge in [0.25, 0.3) is 0 Å². The van der Waals surface area contributed by atoms with Crippen LogP contribution < -0.4 is 0 Å². The number of piperidine rings is 2. The van der Waals surface area contributed by atoms with Gasteiger partial charge in [-0.1, -0.05) is 30.3 Å². The SMILES string of the molecule is CN(C)C(=O)CN1CCC2(CC1)C[C@@H](c1ccccc1)CN(C1CC1)C2. The van der Waals surface area contributed by atoms with Crippen molar-refractivity contribution in [2.75, 3.05) is 46.8 Å². The Labute approximate surface area is 158 Å². The van der Waals surface area contributed by atoms with Crippen LogP contribution in [0.5, 0.6) is 0 Å². The lowest BCUT2D eigenvalue weighted by Gasteiger charge is -2.50. The second-order valence-electron chi connectivity index (χ2n) is 9.04. The lowest BCUT2D eigenvalue weighted by atomic mass is 9.68. The molecule has 0 bridgehead atoms. The highest BCUT2D eigenvalue weighted by atomic mass is 16.2. The number of carbonyl (C=O) groups is 1. The summed E-state index contributed by atoms with van der Waals surface area (Å²) < 4.78 is 0. The molecule has 1 saturated carbocycles. The molecule has 1 spiro atoms. The van der Waals surface area contributed by atoms with Crippen LogP contribution in [0.2, 0.25) is 0 Å². The van der Waals surface area contributed by atoms with E-state index in [0.29, 0.717) is 17.9 Å². The monoisotopic (exact) mass is 355 g/mol. The Morgan fingerprint density at radius 1 is 1.15 bits per heavy atom. The highest BCUT2D eigenvalue weighted by Gasteiger charge is 2.45. The number of hydrogen-bond donors (Lipinski definition) is 0. The molecule has 4 rings (SSSR count). The van der Waals surface area contributed by atoms with E-state index in [1.807, 2.05) is 14.1 Å². The Hall–Kier alpha value is -1.39. The number of amides is 1. The standard InChI is InChI=1S/C22H33N3O/c1-23(2)21(26)16-24-12-10-22(11-13-24)14-19(18-6-4-3-5-7-18)15-25(17-22)20-8-9-20/h3-7,19-20H,8-17H2,1-2H3/t19-/m1/s1. The van der Waals surface area contributed by atoms with E-state index in [0.717, 1.165) is 19.1 Å². The molecule has 0 unspecified atom stereocenters. The maximum atomic E-state index is 12.0. The summed E-state index contributed by atoms with van der Waals surface area (Å²) in [5.41, 5.74) is 1.96. The second-order valence-corrected chi connectivity index (χ2v) is 9.04. The zero-order valence-corrected chi connectivity index (χ0v) is 16.4. The van der Waals surface area contributed by atoms with Crippen molar-refractivity contribution in [1.29, 1.82) is 0 Å². The molecular weight excluding hydrogens is 322 g/mol. The van der Waals surface area contributed by atoms with Gasteiger partial charge in [-0.25, -0.2) is 0 Å². The highest BCUT2D eigenvalue weighted by Crippen LogP contribution is 2.47. The van der Waals surface area contributed by atoms with E-state index in [1.165, 1.54) is 50.8 Å². The molecule has 1 amide bonds. The van der Waals surface area contributed by atoms with Crippen molar-refractivity contribution in [2.24, 2.45) is 5.41 Å². The number of carbonyl (C=O) groups excluding carboxylic acids is 1. The Bertz CT molecular complexity index is 618. The maximum absolute atomic E-state index is 12.0. The summed E-state index contributed by atoms with van der Waals surface area (Å²) >= 11 is 0. The molecule has 3 fully saturated rings. The molecule has 26 heavy (non-hydrogen) atoms. The van der Waals surface area contributed by atoms with Crippen LogP contribution >= 0.6 is 0 Å². The molecule has 4 heteroatoms. The summed E-state index contributed by atoms with van der Waals surface area (Å²) in [6.45, 7) is 5.23. The van der Waals surface area contributed by atoms with Crippen LogP contribution in [-0.2, 0) is 4.79 Å². The maximum Gasteiger partial charge on any atom is 0.236 e. The molecule has 4 nitrogen and oxygen atoms in total. The first kappa shape index (κ1) is 18.0. The fourth-order valence-electron chi connectivity index (χ4n) is 4.98. The summed E-state index contributed by atoms with van der Waals surface area (Å²) in [5, 5.41) is 0. The van der Waals surface area contributed by atoms with Crippen LogP contribution in [0.1, 0.15) is 43.6 Å². The lowest BCUT2D eigenvalue weighted by Crippen LogP contribution is -2.53. The van der Waals surface area contributed by atoms with Crippen molar-refractivity contribution in [3.05, 3.63) is 35.9 Å². The molecule has 2 aliphatic heterocycles. The predicted octanol–water partition coefficient (Wildman–Crippen LogP) is 2.81. The number of rotatable bonds is 4. The van der Waals surface area contributed by atoms with Crippen LogP contribution in [0, 0.1) is 5.41 Å². The van der Waals surface area contributed by atoms with E-state index in [1.54, 1.807) is 4.90 Å². The van der Waals surface area contributed by atoms with Gasteiger partial charge in [0, 0.05) is 33.2 Å². The predicted molar refractivity (Wildman–Crippen MR) is 105 cm³/mol. The molecule has 2 saturated heterocycles. The van der Waals surface area contributed by atoms with Gasteiger partial charge in [0.15, 0.2) is 0 Å². The molecular formula is C22H33N3O. The number of likely N-dealkylation sites (tertiary alicyclic amines) is 2. The minimum absolute atomic E-state index is 0.228. The van der Waals surface area contributed by atoms with Gasteiger partial charge in [0.1, 0.15) is 0 Å². The zero-order chi connectivity index (χ0) is 18.1. The van der Waals surface area contributed by atoms with Gasteiger partial charge in [-0.3, -0.25) is 14.6 Å². The van der Waals surface area contributed by atoms with Crippen LogP contribution in [0.15, 0.2) is 30.3 Å². The molecule has 3 aliphatic rings. The van der Waals surface area contributed by atoms with E-state index < -0.39 is 0 Å². The number of likely N-dealkylation sites (N-methyl/N-ethyl adjacent to an activating group) is 1. The quantitative estimate of drug-likeness (QED) is 0.831. The average Bonchev–Trinajstić information content (AvgIpc) is 3.49. The van der Waals surface area contributed by atoms with Gasteiger partial charge in [-0.2, -0.15) is 0 Å². The van der Waals surface area contributed by atoms with Crippen molar-refractivity contribution in [1.82, 2.24) is 14.7 Å². The molecule has 1 aliphatic carbocycles. The smallest absolute Gasteiger partial charge is 0.236 e. The van der Waals surface area contributed by atoms with E-state index in [-0.39, 0.29) is 5.91 Å². The molecule has 142 valence electrons. The minimum Gasteiger partial charge on any atom is -0.348 e. The Kier molecular flexibility index (Phi) is 5.07. The van der Waals surface area contributed by atoms with Gasteiger partial charge in [0.2, 0.25) is 5.91 Å². The summed E-state index contributed by atoms with van der Waals surface area (Å²) in [5.74, 6) is 0.895. The second kappa shape index (κ2) is 7.32. The molecule has 0 N–H and O–H groups in total. The van der Waals surface area contributed by atoms with Crippen molar-refractivity contribution in [3.63, 3.8) is 0 Å². The van der Waals surface area contributed by atoms with Crippen LogP contribution in [-0.4, -0.2) is 73.5 Å². The van der Waals surface area contributed by atoms with E-state index >= 15 is 0 Å². The fourth-order valence-corrected chi connectivity index (χ4v) is 4.98. The first-order valence-corrected chi connectivity index (χ1v) is 10.3. The fraction of sp³-hybridized carbons (Fsp3) is 0.682. The van der Waals surface area contributed by atoms with E-state index in [2.05, 4.69) is 40.1 Å². The molecule has 1 aromatic carbocycles. The lowest BCUT2D eigenvalue weighted by molar-refractivity contribution is -0.130. The van der Waals surface area contributed by atoms with Gasteiger partial charge >= 0.3 is 0 Å². The third-order valence-corrected chi connectivity index (χ3v) is 6.78. The van der Waals surface area contributed by atoms with Crippen molar-refractivity contribution in [2.45, 2.75) is 44.1 Å². The zero-order valence-electron chi connectivity index (χ0n) is 16.4. The average molecular weight is 356 g/mol. The van der Waals surface area contributed by atoms with Gasteiger partial charge < -0.3 is 4.90 Å². The van der Waals surface area contributed by atoms with E-state index in [4.69, 9.17) is 0 Å². The van der Waals surface area contributed by atoms with Crippen LogP contribution in [0.4, 0.5) is 0 Å². The van der Waals surface area contributed by atoms with Crippen molar-refractivity contribution < 1.29 is 4.79 Å². The molecule has 0 aromatic heterocycles. The molecule has 1 aromatic rings. The first-order valence-electron chi connectivity index (χ1n) is 10.3. The molecule has 1 atom stereocenters. The van der Waals surface area contributed by atoms with Crippen LogP contribution in [0.25, 0.3) is 0 Å². The van der Waals surface area contributed by atoms with Gasteiger partial charge in [-0.15, -0.1) is 0 Å². The summed E-state index contributed by atoms with van der Waals surface area (Å²) in [6.07, 6.45) is 6.57. The number of nitrogens with zero attached hydrogens (tertiary/aromatic N) is 3. The first-order chi connectivity index (χ1) is 12.5. The largest absolute Gasteiger partial charge is 0.348 e. The van der Waals surface area contributed by atoms with Crippen LogP contribution in [0.3, 0.4) is 0 Å². The summed E-state index contributed by atoms with van der Waals surface area (Å²) in [6, 6.07) is 12.0. The third kappa shape index (κ3) is 3.96. The molecule has 0 radical (unpaired) electrons. The van der Waals surface area contributed by atoms with Gasteiger partial charge in [-0.05, 0) is 62.1 Å². The summed E-state index contributed by atoms with van der Waals surface area (Å²) in [4.78, 5) is 18.9. The van der Waals surface area contributed by atoms with E-state index in [9.17, 15) is 4.79 Å². The Morgan fingerprint density at radius 2 is 1.85 bits per heavy atom. The van der Waals surface area contributed by atoms with Gasteiger partial charge in [0.05, 0.1) is 6.54 Å². The third-order valence-electron chi connectivity index (χ3n) is 6.78. The Morgan fingerprint density at radius 3 is 2.46 bits per heavy atom. The number of hydrogen-bond acceptors (Lipinski definition) is 3. The topological polar surface area (TPSA) is 26.8 Å². The Balaban J connectivity index is 1.44. The van der Waals surface area contributed by atoms with Crippen molar-refractivity contribution in [3.8, 4) is 0 Å².